The summed E-state index contributed by atoms with van der Waals surface area (Å²) in [6, 6.07) is 0. The van der Waals surface area contributed by atoms with Crippen LogP contribution < -0.4 is 10.0 Å². The van der Waals surface area contributed by atoms with Crippen LogP contribution in [0.25, 0.3) is 0 Å². The van der Waals surface area contributed by atoms with Crippen LogP contribution >= 0.6 is 0 Å². The Balaban J connectivity index is 2.49. The van der Waals surface area contributed by atoms with Gasteiger partial charge in [0.15, 0.2) is 0 Å². The van der Waals surface area contributed by atoms with Crippen LogP contribution in [0.1, 0.15) is 46.0 Å². The van der Waals surface area contributed by atoms with Gasteiger partial charge in [0, 0.05) is 13.1 Å². The van der Waals surface area contributed by atoms with Crippen LogP contribution in [0.3, 0.4) is 0 Å². The maximum atomic E-state index is 12.1. The zero-order valence-corrected chi connectivity index (χ0v) is 12.1. The number of nitrogens with one attached hydrogen (secondary N) is 2. The molecule has 0 radical (unpaired) electrons. The molecule has 0 bridgehead atoms. The fourth-order valence-corrected chi connectivity index (χ4v) is 4.11. The zero-order valence-electron chi connectivity index (χ0n) is 11.3. The van der Waals surface area contributed by atoms with E-state index < -0.39 is 10.0 Å². The van der Waals surface area contributed by atoms with Gasteiger partial charge >= 0.3 is 0 Å². The van der Waals surface area contributed by atoms with Crippen molar-refractivity contribution >= 4 is 10.0 Å². The first-order valence-electron chi connectivity index (χ1n) is 6.50. The Kier molecular flexibility index (Phi) is 5.41. The van der Waals surface area contributed by atoms with E-state index in [0.29, 0.717) is 6.54 Å². The second-order valence-electron chi connectivity index (χ2n) is 5.82. The fraction of sp³-hybridized carbons (Fsp3) is 1.00. The van der Waals surface area contributed by atoms with E-state index in [-0.39, 0.29) is 10.7 Å². The Morgan fingerprint density at radius 1 is 1.12 bits per heavy atom. The summed E-state index contributed by atoms with van der Waals surface area (Å²) in [6.45, 7) is 5.44. The Bertz CT molecular complexity index is 319. The molecule has 0 atom stereocenters. The minimum atomic E-state index is -3.11. The average Bonchev–Trinajstić information content (AvgIpc) is 2.28. The molecule has 0 heterocycles. The molecule has 1 fully saturated rings. The highest BCUT2D eigenvalue weighted by atomic mass is 32.2. The fourth-order valence-electron chi connectivity index (χ4n) is 2.33. The van der Waals surface area contributed by atoms with E-state index in [1.165, 1.54) is 6.42 Å². The van der Waals surface area contributed by atoms with Crippen LogP contribution in [-0.2, 0) is 10.0 Å². The normalized spacial score (nSPS) is 19.5. The minimum Gasteiger partial charge on any atom is -0.319 e. The number of sulfonamides is 1. The largest absolute Gasteiger partial charge is 0.319 e. The van der Waals surface area contributed by atoms with Crippen LogP contribution in [0.15, 0.2) is 0 Å². The van der Waals surface area contributed by atoms with Gasteiger partial charge in [0.2, 0.25) is 10.0 Å². The molecule has 4 nitrogen and oxygen atoms in total. The van der Waals surface area contributed by atoms with Crippen molar-refractivity contribution in [1.29, 1.82) is 0 Å². The van der Waals surface area contributed by atoms with E-state index >= 15 is 0 Å². The lowest BCUT2D eigenvalue weighted by Gasteiger charge is -2.27. The van der Waals surface area contributed by atoms with Crippen LogP contribution in [-0.4, -0.2) is 33.8 Å². The molecule has 0 saturated heterocycles. The molecule has 0 aromatic heterocycles. The summed E-state index contributed by atoms with van der Waals surface area (Å²) in [7, 11) is -1.23. The lowest BCUT2D eigenvalue weighted by atomic mass is 9.94. The van der Waals surface area contributed by atoms with E-state index in [1.807, 2.05) is 7.05 Å². The molecular weight excluding hydrogens is 236 g/mol. The third-order valence-corrected chi connectivity index (χ3v) is 5.29. The van der Waals surface area contributed by atoms with Crippen molar-refractivity contribution in [2.75, 3.05) is 20.1 Å². The molecule has 0 amide bonds. The summed E-state index contributed by atoms with van der Waals surface area (Å²) in [5.41, 5.74) is -0.0452. The molecule has 5 heteroatoms. The summed E-state index contributed by atoms with van der Waals surface area (Å²) >= 11 is 0. The van der Waals surface area contributed by atoms with Crippen LogP contribution in [0.4, 0.5) is 0 Å². The number of rotatable bonds is 6. The third kappa shape index (κ3) is 4.94. The quantitative estimate of drug-likeness (QED) is 0.762. The molecule has 2 N–H and O–H groups in total. The van der Waals surface area contributed by atoms with Gasteiger partial charge in [-0.3, -0.25) is 0 Å². The van der Waals surface area contributed by atoms with E-state index in [4.69, 9.17) is 0 Å². The molecule has 102 valence electrons. The first-order chi connectivity index (χ1) is 7.87. The zero-order chi connectivity index (χ0) is 12.9. The van der Waals surface area contributed by atoms with Gasteiger partial charge in [0.05, 0.1) is 5.25 Å². The van der Waals surface area contributed by atoms with Gasteiger partial charge in [0.25, 0.3) is 0 Å². The maximum absolute atomic E-state index is 12.1. The Morgan fingerprint density at radius 2 is 1.71 bits per heavy atom. The summed E-state index contributed by atoms with van der Waals surface area (Å²) in [5, 5.41) is 2.92. The van der Waals surface area contributed by atoms with Gasteiger partial charge < -0.3 is 5.32 Å². The van der Waals surface area contributed by atoms with Gasteiger partial charge in [-0.1, -0.05) is 33.1 Å². The van der Waals surface area contributed by atoms with E-state index in [0.717, 1.165) is 32.2 Å². The van der Waals surface area contributed by atoms with Gasteiger partial charge in [-0.05, 0) is 25.3 Å². The Labute approximate surface area is 106 Å². The van der Waals surface area contributed by atoms with E-state index in [9.17, 15) is 8.42 Å². The second-order valence-corrected chi connectivity index (χ2v) is 7.87. The molecule has 0 aromatic carbocycles. The highest BCUT2D eigenvalue weighted by molar-refractivity contribution is 7.90. The molecule has 1 saturated carbocycles. The Morgan fingerprint density at radius 3 is 2.24 bits per heavy atom. The second kappa shape index (κ2) is 6.16. The molecular formula is C12H26N2O2S. The SMILES string of the molecule is CNCC(C)(C)CNS(=O)(=O)C1CCCCC1. The lowest BCUT2D eigenvalue weighted by molar-refractivity contribution is 0.348. The predicted molar refractivity (Wildman–Crippen MR) is 71.5 cm³/mol. The van der Waals surface area contributed by atoms with Gasteiger partial charge in [-0.15, -0.1) is 0 Å². The standard InChI is InChI=1S/C12H26N2O2S/c1-12(2,9-13-3)10-14-17(15,16)11-7-5-4-6-8-11/h11,13-14H,4-10H2,1-3H3. The predicted octanol–water partition coefficient (Wildman–Crippen LogP) is 1.48. The van der Waals surface area contributed by atoms with Crippen LogP contribution in [0, 0.1) is 5.41 Å². The van der Waals surface area contributed by atoms with Gasteiger partial charge in [0.1, 0.15) is 0 Å². The van der Waals surface area contributed by atoms with Crippen molar-refractivity contribution in [3.05, 3.63) is 0 Å². The molecule has 0 unspecified atom stereocenters. The van der Waals surface area contributed by atoms with Gasteiger partial charge in [-0.2, -0.15) is 0 Å². The Hall–Kier alpha value is -0.130. The summed E-state index contributed by atoms with van der Waals surface area (Å²) in [6.07, 6.45) is 4.91. The third-order valence-electron chi connectivity index (χ3n) is 3.40. The van der Waals surface area contributed by atoms with Crippen LogP contribution in [0.2, 0.25) is 0 Å². The van der Waals surface area contributed by atoms with E-state index in [2.05, 4.69) is 23.9 Å². The first-order valence-corrected chi connectivity index (χ1v) is 8.05. The van der Waals surface area contributed by atoms with Crippen molar-refractivity contribution in [2.24, 2.45) is 5.41 Å². The monoisotopic (exact) mass is 262 g/mol. The van der Waals surface area contributed by atoms with Gasteiger partial charge in [-0.25, -0.2) is 13.1 Å². The molecule has 0 aliphatic heterocycles. The van der Waals surface area contributed by atoms with Crippen LogP contribution in [0.5, 0.6) is 0 Å². The van der Waals surface area contributed by atoms with Crippen molar-refractivity contribution in [1.82, 2.24) is 10.0 Å². The molecule has 1 aliphatic rings. The summed E-state index contributed by atoms with van der Waals surface area (Å²) < 4.78 is 27.0. The van der Waals surface area contributed by atoms with Crippen molar-refractivity contribution in [2.45, 2.75) is 51.2 Å². The average molecular weight is 262 g/mol. The molecule has 1 aliphatic carbocycles. The molecule has 17 heavy (non-hydrogen) atoms. The van der Waals surface area contributed by atoms with Crippen molar-refractivity contribution < 1.29 is 8.42 Å². The highest BCUT2D eigenvalue weighted by Crippen LogP contribution is 2.23. The molecule has 1 rings (SSSR count). The van der Waals surface area contributed by atoms with Crippen molar-refractivity contribution in [3.8, 4) is 0 Å². The lowest BCUT2D eigenvalue weighted by Crippen LogP contribution is -2.43. The number of hydrogen-bond donors (Lipinski definition) is 2. The highest BCUT2D eigenvalue weighted by Gasteiger charge is 2.28. The maximum Gasteiger partial charge on any atom is 0.214 e. The summed E-state index contributed by atoms with van der Waals surface area (Å²) in [5.74, 6) is 0. The summed E-state index contributed by atoms with van der Waals surface area (Å²) in [4.78, 5) is 0. The number of hydrogen-bond acceptors (Lipinski definition) is 3. The minimum absolute atomic E-state index is 0.0452. The smallest absolute Gasteiger partial charge is 0.214 e. The molecule has 0 aromatic rings. The van der Waals surface area contributed by atoms with Crippen molar-refractivity contribution in [3.63, 3.8) is 0 Å². The first kappa shape index (κ1) is 14.9. The molecule has 0 spiro atoms. The topological polar surface area (TPSA) is 58.2 Å². The van der Waals surface area contributed by atoms with E-state index in [1.54, 1.807) is 0 Å².